The number of fused-ring (bicyclic) bond motifs is 1. The molecule has 4 nitrogen and oxygen atoms in total. The second-order valence-corrected chi connectivity index (χ2v) is 3.25. The van der Waals surface area contributed by atoms with Gasteiger partial charge in [-0.3, -0.25) is 4.79 Å². The predicted molar refractivity (Wildman–Crippen MR) is 52.7 cm³/mol. The standard InChI is InChI=1S/C10H10N2O2/c1-6(12-14)9-7-4-2-3-5-8(7)11-10(9)13/h2-5,9,14H,1H3,(H,11,13). The summed E-state index contributed by atoms with van der Waals surface area (Å²) in [5.41, 5.74) is 2.07. The molecule has 1 aliphatic heterocycles. The maximum absolute atomic E-state index is 11.5. The molecule has 1 amide bonds. The summed E-state index contributed by atoms with van der Waals surface area (Å²) in [5, 5.41) is 14.5. The van der Waals surface area contributed by atoms with Crippen LogP contribution in [0.25, 0.3) is 0 Å². The van der Waals surface area contributed by atoms with Gasteiger partial charge in [-0.2, -0.15) is 0 Å². The lowest BCUT2D eigenvalue weighted by Crippen LogP contribution is -2.18. The molecule has 0 bridgehead atoms. The normalized spacial score (nSPS) is 20.5. The van der Waals surface area contributed by atoms with Crippen LogP contribution >= 0.6 is 0 Å². The van der Waals surface area contributed by atoms with E-state index in [1.54, 1.807) is 6.92 Å². The number of oxime groups is 1. The largest absolute Gasteiger partial charge is 0.411 e. The highest BCUT2D eigenvalue weighted by Gasteiger charge is 2.32. The van der Waals surface area contributed by atoms with E-state index in [9.17, 15) is 4.79 Å². The summed E-state index contributed by atoms with van der Waals surface area (Å²) >= 11 is 0. The summed E-state index contributed by atoms with van der Waals surface area (Å²) in [6.45, 7) is 1.63. The first kappa shape index (κ1) is 8.74. The number of hydrogen-bond acceptors (Lipinski definition) is 3. The van der Waals surface area contributed by atoms with Gasteiger partial charge < -0.3 is 10.5 Å². The fourth-order valence-corrected chi connectivity index (χ4v) is 1.68. The van der Waals surface area contributed by atoms with Crippen LogP contribution in [0.1, 0.15) is 18.4 Å². The molecule has 0 aliphatic carbocycles. The van der Waals surface area contributed by atoms with Gasteiger partial charge in [0.25, 0.3) is 0 Å². The Morgan fingerprint density at radius 3 is 2.93 bits per heavy atom. The van der Waals surface area contributed by atoms with Crippen molar-refractivity contribution in [3.8, 4) is 0 Å². The maximum Gasteiger partial charge on any atom is 0.237 e. The molecule has 0 radical (unpaired) electrons. The second kappa shape index (κ2) is 3.14. The van der Waals surface area contributed by atoms with Gasteiger partial charge in [-0.1, -0.05) is 23.4 Å². The fraction of sp³-hybridized carbons (Fsp3) is 0.200. The summed E-state index contributed by atoms with van der Waals surface area (Å²) < 4.78 is 0. The average Bonchev–Trinajstić information content (AvgIpc) is 2.53. The Morgan fingerprint density at radius 2 is 2.21 bits per heavy atom. The van der Waals surface area contributed by atoms with Crippen molar-refractivity contribution in [2.45, 2.75) is 12.8 Å². The number of para-hydroxylation sites is 1. The lowest BCUT2D eigenvalue weighted by atomic mass is 9.97. The number of anilines is 1. The van der Waals surface area contributed by atoms with Gasteiger partial charge in [0.15, 0.2) is 0 Å². The van der Waals surface area contributed by atoms with E-state index in [1.807, 2.05) is 24.3 Å². The minimum atomic E-state index is -0.448. The number of benzene rings is 1. The van der Waals surface area contributed by atoms with Crippen molar-refractivity contribution in [1.82, 2.24) is 0 Å². The Morgan fingerprint density at radius 1 is 1.50 bits per heavy atom. The van der Waals surface area contributed by atoms with E-state index in [2.05, 4.69) is 10.5 Å². The van der Waals surface area contributed by atoms with E-state index >= 15 is 0 Å². The van der Waals surface area contributed by atoms with E-state index < -0.39 is 5.92 Å². The molecule has 0 saturated heterocycles. The van der Waals surface area contributed by atoms with Gasteiger partial charge in [0, 0.05) is 5.69 Å². The quantitative estimate of drug-likeness (QED) is 0.401. The minimum Gasteiger partial charge on any atom is -0.411 e. The van der Waals surface area contributed by atoms with Gasteiger partial charge in [-0.25, -0.2) is 0 Å². The lowest BCUT2D eigenvalue weighted by molar-refractivity contribution is -0.115. The average molecular weight is 190 g/mol. The van der Waals surface area contributed by atoms with Crippen LogP contribution in [0, 0.1) is 0 Å². The Kier molecular flexibility index (Phi) is 1.96. The molecule has 0 aromatic heterocycles. The van der Waals surface area contributed by atoms with Crippen LogP contribution < -0.4 is 5.32 Å². The van der Waals surface area contributed by atoms with Crippen molar-refractivity contribution in [3.05, 3.63) is 29.8 Å². The number of nitrogens with zero attached hydrogens (tertiary/aromatic N) is 1. The molecule has 72 valence electrons. The van der Waals surface area contributed by atoms with E-state index in [4.69, 9.17) is 5.21 Å². The van der Waals surface area contributed by atoms with Crippen molar-refractivity contribution >= 4 is 17.3 Å². The molecule has 1 aliphatic rings. The number of hydrogen-bond donors (Lipinski definition) is 2. The molecule has 1 heterocycles. The summed E-state index contributed by atoms with van der Waals surface area (Å²) in [6, 6.07) is 7.40. The Hall–Kier alpha value is -1.84. The first-order valence-corrected chi connectivity index (χ1v) is 4.32. The Labute approximate surface area is 81.2 Å². The minimum absolute atomic E-state index is 0.137. The topological polar surface area (TPSA) is 61.7 Å². The van der Waals surface area contributed by atoms with Crippen molar-refractivity contribution in [2.75, 3.05) is 5.32 Å². The second-order valence-electron chi connectivity index (χ2n) is 3.25. The number of carbonyl (C=O) groups excluding carboxylic acids is 1. The van der Waals surface area contributed by atoms with Crippen LogP contribution in [-0.4, -0.2) is 16.8 Å². The third-order valence-electron chi connectivity index (χ3n) is 2.37. The highest BCUT2D eigenvalue weighted by molar-refractivity contribution is 6.17. The zero-order chi connectivity index (χ0) is 10.1. The highest BCUT2D eigenvalue weighted by atomic mass is 16.4. The summed E-state index contributed by atoms with van der Waals surface area (Å²) in [4.78, 5) is 11.5. The van der Waals surface area contributed by atoms with Crippen LogP contribution in [0.5, 0.6) is 0 Å². The van der Waals surface area contributed by atoms with Gasteiger partial charge in [0.2, 0.25) is 5.91 Å². The van der Waals surface area contributed by atoms with E-state index in [0.717, 1.165) is 11.3 Å². The molecule has 1 aromatic carbocycles. The molecule has 0 fully saturated rings. The van der Waals surface area contributed by atoms with Crippen LogP contribution in [0.2, 0.25) is 0 Å². The number of rotatable bonds is 1. The van der Waals surface area contributed by atoms with Crippen LogP contribution in [0.3, 0.4) is 0 Å². The van der Waals surface area contributed by atoms with Gasteiger partial charge >= 0.3 is 0 Å². The van der Waals surface area contributed by atoms with Crippen LogP contribution in [0.15, 0.2) is 29.4 Å². The SMILES string of the molecule is CC(=NO)C1C(=O)Nc2ccccc21. The maximum atomic E-state index is 11.5. The fourth-order valence-electron chi connectivity index (χ4n) is 1.68. The summed E-state index contributed by atoms with van der Waals surface area (Å²) in [5.74, 6) is -0.585. The van der Waals surface area contributed by atoms with E-state index in [1.165, 1.54) is 0 Å². The zero-order valence-corrected chi connectivity index (χ0v) is 7.69. The molecule has 1 atom stereocenters. The zero-order valence-electron chi connectivity index (χ0n) is 7.69. The van der Waals surface area contributed by atoms with Gasteiger partial charge in [0.05, 0.1) is 5.71 Å². The molecule has 2 N–H and O–H groups in total. The molecular weight excluding hydrogens is 180 g/mol. The number of carbonyl (C=O) groups is 1. The predicted octanol–water partition coefficient (Wildman–Crippen LogP) is 1.57. The first-order valence-electron chi connectivity index (χ1n) is 4.32. The van der Waals surface area contributed by atoms with Gasteiger partial charge in [-0.05, 0) is 18.6 Å². The first-order chi connectivity index (χ1) is 6.74. The lowest BCUT2D eigenvalue weighted by Gasteiger charge is -2.05. The molecular formula is C10H10N2O2. The Bertz CT molecular complexity index is 412. The van der Waals surface area contributed by atoms with E-state index in [-0.39, 0.29) is 5.91 Å². The molecule has 0 spiro atoms. The smallest absolute Gasteiger partial charge is 0.237 e. The molecule has 2 rings (SSSR count). The van der Waals surface area contributed by atoms with Crippen molar-refractivity contribution in [3.63, 3.8) is 0 Å². The highest BCUT2D eigenvalue weighted by Crippen LogP contribution is 2.32. The van der Waals surface area contributed by atoms with Crippen molar-refractivity contribution < 1.29 is 10.0 Å². The van der Waals surface area contributed by atoms with Crippen LogP contribution in [-0.2, 0) is 4.79 Å². The van der Waals surface area contributed by atoms with Crippen molar-refractivity contribution in [1.29, 1.82) is 0 Å². The summed E-state index contributed by atoms with van der Waals surface area (Å²) in [7, 11) is 0. The molecule has 14 heavy (non-hydrogen) atoms. The van der Waals surface area contributed by atoms with Crippen molar-refractivity contribution in [2.24, 2.45) is 5.16 Å². The number of nitrogens with one attached hydrogen (secondary N) is 1. The van der Waals surface area contributed by atoms with Crippen LogP contribution in [0.4, 0.5) is 5.69 Å². The van der Waals surface area contributed by atoms with Gasteiger partial charge in [0.1, 0.15) is 5.92 Å². The molecule has 4 heteroatoms. The Balaban J connectivity index is 2.50. The third-order valence-corrected chi connectivity index (χ3v) is 2.37. The van der Waals surface area contributed by atoms with Gasteiger partial charge in [-0.15, -0.1) is 0 Å². The molecule has 0 saturated carbocycles. The monoisotopic (exact) mass is 190 g/mol. The third kappa shape index (κ3) is 1.16. The number of amides is 1. The molecule has 1 aromatic rings. The van der Waals surface area contributed by atoms with E-state index in [0.29, 0.717) is 5.71 Å². The molecule has 1 unspecified atom stereocenters. The summed E-state index contributed by atoms with van der Waals surface area (Å²) in [6.07, 6.45) is 0.